The number of nitrogens with zero attached hydrogens (tertiary/aromatic N) is 5. The maximum absolute atomic E-state index is 5.47. The van der Waals surface area contributed by atoms with Crippen molar-refractivity contribution >= 4 is 5.95 Å². The molecular weight excluding hydrogens is 282 g/mol. The zero-order valence-electron chi connectivity index (χ0n) is 13.9. The summed E-state index contributed by atoms with van der Waals surface area (Å²) in [5.41, 5.74) is 0. The SMILES string of the molecule is C[C@H]1CN(C2CCOCC2)CCN1Cc1nc(N(C)C)no1. The molecule has 22 heavy (non-hydrogen) atoms. The average molecular weight is 309 g/mol. The molecule has 1 atom stereocenters. The van der Waals surface area contributed by atoms with Crippen LogP contribution in [0.3, 0.4) is 0 Å². The van der Waals surface area contributed by atoms with E-state index in [0.717, 1.165) is 39.4 Å². The normalized spacial score (nSPS) is 25.5. The van der Waals surface area contributed by atoms with Crippen LogP contribution in [0.25, 0.3) is 0 Å². The van der Waals surface area contributed by atoms with E-state index in [4.69, 9.17) is 9.26 Å². The Morgan fingerprint density at radius 2 is 2.00 bits per heavy atom. The fourth-order valence-corrected chi connectivity index (χ4v) is 3.31. The van der Waals surface area contributed by atoms with Gasteiger partial charge in [0.2, 0.25) is 5.89 Å². The van der Waals surface area contributed by atoms with Crippen molar-refractivity contribution in [2.24, 2.45) is 0 Å². The summed E-state index contributed by atoms with van der Waals surface area (Å²) < 4.78 is 10.8. The van der Waals surface area contributed by atoms with E-state index in [1.807, 2.05) is 19.0 Å². The second-order valence-electron chi connectivity index (χ2n) is 6.54. The summed E-state index contributed by atoms with van der Waals surface area (Å²) in [6.07, 6.45) is 2.34. The molecule has 0 saturated carbocycles. The van der Waals surface area contributed by atoms with Crippen LogP contribution < -0.4 is 4.90 Å². The Hall–Kier alpha value is -1.18. The Morgan fingerprint density at radius 3 is 2.64 bits per heavy atom. The van der Waals surface area contributed by atoms with E-state index in [9.17, 15) is 0 Å². The summed E-state index contributed by atoms with van der Waals surface area (Å²) in [6, 6.07) is 1.20. The number of ether oxygens (including phenoxy) is 1. The third-order valence-electron chi connectivity index (χ3n) is 4.70. The monoisotopic (exact) mass is 309 g/mol. The largest absolute Gasteiger partial charge is 0.381 e. The van der Waals surface area contributed by atoms with Crippen LogP contribution in [0, 0.1) is 0 Å². The van der Waals surface area contributed by atoms with Gasteiger partial charge in [0.15, 0.2) is 0 Å². The lowest BCUT2D eigenvalue weighted by molar-refractivity contribution is -0.00552. The predicted octanol–water partition coefficient (Wildman–Crippen LogP) is 0.821. The first-order valence-electron chi connectivity index (χ1n) is 8.19. The highest BCUT2D eigenvalue weighted by molar-refractivity contribution is 5.23. The minimum atomic E-state index is 0.506. The molecule has 0 N–H and O–H groups in total. The second-order valence-corrected chi connectivity index (χ2v) is 6.54. The minimum absolute atomic E-state index is 0.506. The number of aromatic nitrogens is 2. The minimum Gasteiger partial charge on any atom is -0.381 e. The molecule has 2 aliphatic rings. The second kappa shape index (κ2) is 6.93. The van der Waals surface area contributed by atoms with Crippen LogP contribution in [-0.2, 0) is 11.3 Å². The van der Waals surface area contributed by atoms with Gasteiger partial charge in [0, 0.05) is 59.0 Å². The van der Waals surface area contributed by atoms with E-state index in [0.29, 0.717) is 23.9 Å². The highest BCUT2D eigenvalue weighted by Crippen LogP contribution is 2.20. The Balaban J connectivity index is 1.53. The van der Waals surface area contributed by atoms with Crippen molar-refractivity contribution in [2.75, 3.05) is 51.8 Å². The lowest BCUT2D eigenvalue weighted by Gasteiger charge is -2.43. The van der Waals surface area contributed by atoms with Gasteiger partial charge in [-0.05, 0) is 24.9 Å². The average Bonchev–Trinajstić information content (AvgIpc) is 2.99. The third kappa shape index (κ3) is 3.59. The van der Waals surface area contributed by atoms with Crippen LogP contribution in [0.2, 0.25) is 0 Å². The summed E-state index contributed by atoms with van der Waals surface area (Å²) in [5.74, 6) is 1.35. The van der Waals surface area contributed by atoms with E-state index < -0.39 is 0 Å². The van der Waals surface area contributed by atoms with Gasteiger partial charge in [0.05, 0.1) is 6.54 Å². The van der Waals surface area contributed by atoms with Crippen LogP contribution in [0.1, 0.15) is 25.7 Å². The van der Waals surface area contributed by atoms with Gasteiger partial charge in [-0.25, -0.2) is 0 Å². The van der Waals surface area contributed by atoms with Crippen LogP contribution in [0.15, 0.2) is 4.52 Å². The first-order valence-corrected chi connectivity index (χ1v) is 8.19. The summed E-state index contributed by atoms with van der Waals surface area (Å²) in [6.45, 7) is 8.13. The van der Waals surface area contributed by atoms with Crippen molar-refractivity contribution in [3.05, 3.63) is 5.89 Å². The van der Waals surface area contributed by atoms with E-state index in [1.54, 1.807) is 0 Å². The molecule has 0 bridgehead atoms. The summed E-state index contributed by atoms with van der Waals surface area (Å²) >= 11 is 0. The molecule has 0 aromatic carbocycles. The highest BCUT2D eigenvalue weighted by atomic mass is 16.5. The molecule has 1 aromatic rings. The molecule has 124 valence electrons. The number of piperazine rings is 1. The lowest BCUT2D eigenvalue weighted by atomic mass is 10.0. The predicted molar refractivity (Wildman–Crippen MR) is 83.9 cm³/mol. The molecule has 2 aliphatic heterocycles. The van der Waals surface area contributed by atoms with E-state index in [-0.39, 0.29) is 0 Å². The van der Waals surface area contributed by atoms with E-state index in [1.165, 1.54) is 12.8 Å². The lowest BCUT2D eigenvalue weighted by Crippen LogP contribution is -2.55. The van der Waals surface area contributed by atoms with Gasteiger partial charge in [-0.3, -0.25) is 9.80 Å². The fraction of sp³-hybridized carbons (Fsp3) is 0.867. The molecule has 3 rings (SSSR count). The Bertz CT molecular complexity index is 472. The molecule has 0 aliphatic carbocycles. The molecule has 0 radical (unpaired) electrons. The van der Waals surface area contributed by atoms with Crippen molar-refractivity contribution in [2.45, 2.75) is 38.4 Å². The standard InChI is InChI=1S/C15H27N5O2/c1-12-10-20(13-4-8-21-9-5-13)7-6-19(12)11-14-16-15(17-22-14)18(2)3/h12-13H,4-11H2,1-3H3/t12-/m0/s1. The maximum Gasteiger partial charge on any atom is 0.265 e. The molecular formula is C15H27N5O2. The molecule has 3 heterocycles. The van der Waals surface area contributed by atoms with Crippen LogP contribution >= 0.6 is 0 Å². The molecule has 7 nitrogen and oxygen atoms in total. The number of hydrogen-bond acceptors (Lipinski definition) is 7. The highest BCUT2D eigenvalue weighted by Gasteiger charge is 2.30. The quantitative estimate of drug-likeness (QED) is 0.816. The van der Waals surface area contributed by atoms with Gasteiger partial charge in [0.1, 0.15) is 0 Å². The van der Waals surface area contributed by atoms with Crippen molar-refractivity contribution in [3.8, 4) is 0 Å². The zero-order valence-corrected chi connectivity index (χ0v) is 13.9. The van der Waals surface area contributed by atoms with Gasteiger partial charge < -0.3 is 14.2 Å². The van der Waals surface area contributed by atoms with Crippen LogP contribution in [0.5, 0.6) is 0 Å². The molecule has 7 heteroatoms. The van der Waals surface area contributed by atoms with Crippen molar-refractivity contribution in [1.29, 1.82) is 0 Å². The Labute approximate surface area is 132 Å². The molecule has 2 saturated heterocycles. The first kappa shape index (κ1) is 15.7. The summed E-state index contributed by atoms with van der Waals surface area (Å²) in [4.78, 5) is 11.3. The van der Waals surface area contributed by atoms with Gasteiger partial charge >= 0.3 is 0 Å². The Kier molecular flexibility index (Phi) is 4.95. The maximum atomic E-state index is 5.47. The topological polar surface area (TPSA) is 57.9 Å². The number of rotatable bonds is 4. The molecule has 1 aromatic heterocycles. The van der Waals surface area contributed by atoms with E-state index >= 15 is 0 Å². The third-order valence-corrected chi connectivity index (χ3v) is 4.70. The van der Waals surface area contributed by atoms with Gasteiger partial charge in [-0.1, -0.05) is 0 Å². The number of anilines is 1. The van der Waals surface area contributed by atoms with Crippen molar-refractivity contribution in [1.82, 2.24) is 19.9 Å². The fourth-order valence-electron chi connectivity index (χ4n) is 3.31. The van der Waals surface area contributed by atoms with E-state index in [2.05, 4.69) is 26.9 Å². The van der Waals surface area contributed by atoms with Gasteiger partial charge in [-0.2, -0.15) is 4.98 Å². The molecule has 0 amide bonds. The Morgan fingerprint density at radius 1 is 1.23 bits per heavy atom. The molecule has 0 unspecified atom stereocenters. The van der Waals surface area contributed by atoms with Gasteiger partial charge in [0.25, 0.3) is 5.95 Å². The first-order chi connectivity index (χ1) is 10.6. The van der Waals surface area contributed by atoms with Crippen LogP contribution in [-0.4, -0.2) is 79.0 Å². The smallest absolute Gasteiger partial charge is 0.265 e. The van der Waals surface area contributed by atoms with Gasteiger partial charge in [-0.15, -0.1) is 0 Å². The molecule has 0 spiro atoms. The van der Waals surface area contributed by atoms with Crippen molar-refractivity contribution < 1.29 is 9.26 Å². The number of hydrogen-bond donors (Lipinski definition) is 0. The summed E-state index contributed by atoms with van der Waals surface area (Å²) in [5, 5.41) is 3.98. The zero-order chi connectivity index (χ0) is 15.5. The van der Waals surface area contributed by atoms with Crippen LogP contribution in [0.4, 0.5) is 5.95 Å². The molecule has 2 fully saturated rings. The summed E-state index contributed by atoms with van der Waals surface area (Å²) in [7, 11) is 3.84. The van der Waals surface area contributed by atoms with Crippen molar-refractivity contribution in [3.63, 3.8) is 0 Å².